The van der Waals surface area contributed by atoms with E-state index in [1.165, 1.54) is 0 Å². The molecule has 1 aliphatic heterocycles. The Balaban J connectivity index is 3.19. The fourth-order valence-electron chi connectivity index (χ4n) is 2.75. The molecule has 0 spiro atoms. The molecular formula is C16H25N5. The molecule has 0 atom stereocenters. The number of allylic oxidation sites excluding steroid dienone is 2. The number of amidine groups is 1. The molecule has 0 saturated carbocycles. The lowest BCUT2D eigenvalue weighted by Gasteiger charge is -2.37. The topological polar surface area (TPSA) is 84.0 Å². The maximum absolute atomic E-state index is 9.15. The highest BCUT2D eigenvalue weighted by Crippen LogP contribution is 2.30. The Labute approximate surface area is 127 Å². The van der Waals surface area contributed by atoms with Crippen LogP contribution in [0, 0.1) is 28.1 Å². The molecule has 5 nitrogen and oxygen atoms in total. The van der Waals surface area contributed by atoms with Gasteiger partial charge in [-0.25, -0.2) is 0 Å². The minimum absolute atomic E-state index is 0.158. The first-order valence-electron chi connectivity index (χ1n) is 7.10. The number of nitriles is 2. The summed E-state index contributed by atoms with van der Waals surface area (Å²) in [6.07, 6.45) is 0.915. The molecule has 0 amide bonds. The number of aliphatic imine (C=N–C) groups is 1. The Morgan fingerprint density at radius 3 is 2.00 bits per heavy atom. The van der Waals surface area contributed by atoms with Crippen LogP contribution in [0.3, 0.4) is 0 Å². The van der Waals surface area contributed by atoms with Crippen LogP contribution in [0.1, 0.15) is 54.9 Å². The van der Waals surface area contributed by atoms with Crippen LogP contribution in [0.4, 0.5) is 0 Å². The van der Waals surface area contributed by atoms with Crippen molar-refractivity contribution in [3.63, 3.8) is 0 Å². The summed E-state index contributed by atoms with van der Waals surface area (Å²) in [5.41, 5.74) is -0.131. The second kappa shape index (κ2) is 5.41. The highest BCUT2D eigenvalue weighted by atomic mass is 15.2. The van der Waals surface area contributed by atoms with Crippen molar-refractivity contribution in [1.29, 1.82) is 10.5 Å². The zero-order valence-electron chi connectivity index (χ0n) is 14.0. The number of nitrogens with zero attached hydrogens (tertiary/aromatic N) is 3. The third-order valence-electron chi connectivity index (χ3n) is 3.12. The third kappa shape index (κ3) is 4.49. The van der Waals surface area contributed by atoms with E-state index in [2.05, 4.69) is 45.3 Å². The minimum Gasteiger partial charge on any atom is -0.362 e. The Kier molecular flexibility index (Phi) is 4.39. The average Bonchev–Trinajstić information content (AvgIpc) is 2.27. The molecule has 0 aromatic carbocycles. The summed E-state index contributed by atoms with van der Waals surface area (Å²) in [5, 5.41) is 24.3. The Hall–Kier alpha value is -2.01. The quantitative estimate of drug-likeness (QED) is 0.818. The summed E-state index contributed by atoms with van der Waals surface area (Å²) in [7, 11) is 0. The molecule has 21 heavy (non-hydrogen) atoms. The van der Waals surface area contributed by atoms with Crippen molar-refractivity contribution < 1.29 is 0 Å². The summed E-state index contributed by atoms with van der Waals surface area (Å²) in [5.74, 6) is 0.687. The average molecular weight is 287 g/mol. The van der Waals surface area contributed by atoms with Gasteiger partial charge in [0.05, 0.1) is 11.1 Å². The van der Waals surface area contributed by atoms with E-state index >= 15 is 0 Å². The SMILES string of the molecule is CC(C)(C)CC(C)(C)N=C1NC(C#N)=C(C#N)NC1(C)C. The largest absolute Gasteiger partial charge is 0.362 e. The molecule has 0 aromatic heterocycles. The molecule has 0 saturated heterocycles. The van der Waals surface area contributed by atoms with E-state index in [9.17, 15) is 0 Å². The van der Waals surface area contributed by atoms with Crippen LogP contribution in [0.15, 0.2) is 16.4 Å². The van der Waals surface area contributed by atoms with Gasteiger partial charge in [0.2, 0.25) is 0 Å². The fourth-order valence-corrected chi connectivity index (χ4v) is 2.75. The van der Waals surface area contributed by atoms with E-state index in [0.29, 0.717) is 5.84 Å². The molecule has 0 aliphatic carbocycles. The van der Waals surface area contributed by atoms with Crippen molar-refractivity contribution >= 4 is 5.84 Å². The fraction of sp³-hybridized carbons (Fsp3) is 0.688. The van der Waals surface area contributed by atoms with Gasteiger partial charge >= 0.3 is 0 Å². The molecule has 1 aliphatic rings. The van der Waals surface area contributed by atoms with Crippen LogP contribution in [0.25, 0.3) is 0 Å². The molecule has 114 valence electrons. The smallest absolute Gasteiger partial charge is 0.153 e. The van der Waals surface area contributed by atoms with Gasteiger partial charge in [0.15, 0.2) is 5.70 Å². The Morgan fingerprint density at radius 2 is 1.57 bits per heavy atom. The van der Waals surface area contributed by atoms with E-state index < -0.39 is 5.54 Å². The number of nitrogens with one attached hydrogen (secondary N) is 2. The number of hydrogen-bond acceptors (Lipinski definition) is 4. The van der Waals surface area contributed by atoms with E-state index in [1.54, 1.807) is 0 Å². The van der Waals surface area contributed by atoms with Gasteiger partial charge in [-0.15, -0.1) is 0 Å². The first-order valence-corrected chi connectivity index (χ1v) is 7.10. The normalized spacial score (nSPS) is 20.3. The van der Waals surface area contributed by atoms with Gasteiger partial charge in [0.1, 0.15) is 23.7 Å². The van der Waals surface area contributed by atoms with Crippen LogP contribution in [-0.4, -0.2) is 16.9 Å². The molecule has 1 rings (SSSR count). The zero-order chi connectivity index (χ0) is 16.5. The van der Waals surface area contributed by atoms with Crippen LogP contribution < -0.4 is 10.6 Å². The van der Waals surface area contributed by atoms with Gasteiger partial charge in [-0.05, 0) is 39.5 Å². The first-order chi connectivity index (χ1) is 9.40. The predicted molar refractivity (Wildman–Crippen MR) is 84.2 cm³/mol. The van der Waals surface area contributed by atoms with Crippen LogP contribution in [-0.2, 0) is 0 Å². The van der Waals surface area contributed by atoms with Crippen molar-refractivity contribution in [2.75, 3.05) is 0 Å². The maximum Gasteiger partial charge on any atom is 0.153 e. The molecular weight excluding hydrogens is 262 g/mol. The summed E-state index contributed by atoms with van der Waals surface area (Å²) in [4.78, 5) is 4.82. The molecule has 1 heterocycles. The van der Waals surface area contributed by atoms with Crippen molar-refractivity contribution in [3.05, 3.63) is 11.4 Å². The molecule has 2 N–H and O–H groups in total. The summed E-state index contributed by atoms with van der Waals surface area (Å²) >= 11 is 0. The lowest BCUT2D eigenvalue weighted by Crippen LogP contribution is -2.57. The standard InChI is InChI=1S/C16H25N5/c1-14(2,3)10-15(4,5)21-13-16(6,7)20-12(9-18)11(8-17)19-13/h20H,10H2,1-7H3,(H,19,21). The van der Waals surface area contributed by atoms with Crippen molar-refractivity contribution in [2.45, 2.75) is 66.0 Å². The molecule has 0 aromatic rings. The van der Waals surface area contributed by atoms with Crippen LogP contribution in [0.5, 0.6) is 0 Å². The van der Waals surface area contributed by atoms with Crippen molar-refractivity contribution in [3.8, 4) is 12.1 Å². The minimum atomic E-state index is -0.513. The third-order valence-corrected chi connectivity index (χ3v) is 3.12. The predicted octanol–water partition coefficient (Wildman–Crippen LogP) is 2.83. The van der Waals surface area contributed by atoms with Gasteiger partial charge in [-0.2, -0.15) is 10.5 Å². The maximum atomic E-state index is 9.15. The van der Waals surface area contributed by atoms with Crippen LogP contribution in [0.2, 0.25) is 0 Å². The van der Waals surface area contributed by atoms with Crippen LogP contribution >= 0.6 is 0 Å². The van der Waals surface area contributed by atoms with Gasteiger partial charge < -0.3 is 10.6 Å². The summed E-state index contributed by atoms with van der Waals surface area (Å²) < 4.78 is 0. The number of rotatable bonds is 2. The highest BCUT2D eigenvalue weighted by molar-refractivity contribution is 5.94. The summed E-state index contributed by atoms with van der Waals surface area (Å²) in [6.45, 7) is 14.6. The van der Waals surface area contributed by atoms with Gasteiger partial charge in [0.25, 0.3) is 0 Å². The highest BCUT2D eigenvalue weighted by Gasteiger charge is 2.35. The van der Waals surface area contributed by atoms with Gasteiger partial charge in [-0.1, -0.05) is 20.8 Å². The lowest BCUT2D eigenvalue weighted by molar-refractivity contribution is 0.286. The molecule has 0 radical (unpaired) electrons. The van der Waals surface area contributed by atoms with E-state index in [1.807, 2.05) is 26.0 Å². The lowest BCUT2D eigenvalue weighted by atomic mass is 9.82. The van der Waals surface area contributed by atoms with Crippen molar-refractivity contribution in [1.82, 2.24) is 10.6 Å². The van der Waals surface area contributed by atoms with Crippen molar-refractivity contribution in [2.24, 2.45) is 10.4 Å². The van der Waals surface area contributed by atoms with E-state index in [4.69, 9.17) is 15.5 Å². The van der Waals surface area contributed by atoms with Gasteiger partial charge in [0, 0.05) is 0 Å². The van der Waals surface area contributed by atoms with E-state index in [-0.39, 0.29) is 22.3 Å². The second-order valence-corrected chi connectivity index (χ2v) is 7.86. The second-order valence-electron chi connectivity index (χ2n) is 7.86. The first kappa shape index (κ1) is 17.0. The van der Waals surface area contributed by atoms with E-state index in [0.717, 1.165) is 6.42 Å². The molecule has 5 heteroatoms. The molecule has 0 bridgehead atoms. The number of hydrogen-bond donors (Lipinski definition) is 2. The summed E-state index contributed by atoms with van der Waals surface area (Å²) in [6, 6.07) is 4.02. The Morgan fingerprint density at radius 1 is 1.05 bits per heavy atom. The zero-order valence-corrected chi connectivity index (χ0v) is 14.0. The monoisotopic (exact) mass is 287 g/mol. The van der Waals surface area contributed by atoms with Gasteiger partial charge in [-0.3, -0.25) is 4.99 Å². The molecule has 0 fully saturated rings. The molecule has 0 unspecified atom stereocenters. The Bertz CT molecular complexity index is 559.